The van der Waals surface area contributed by atoms with E-state index >= 15 is 4.39 Å². The maximum absolute atomic E-state index is 15.0. The maximum atomic E-state index is 15.0. The van der Waals surface area contributed by atoms with Gasteiger partial charge in [-0.15, -0.1) is 0 Å². The predicted molar refractivity (Wildman–Crippen MR) is 146 cm³/mol. The highest BCUT2D eigenvalue weighted by molar-refractivity contribution is 5.75. The molecule has 0 amide bonds. The van der Waals surface area contributed by atoms with Crippen molar-refractivity contribution in [1.82, 2.24) is 0 Å². The summed E-state index contributed by atoms with van der Waals surface area (Å²) in [5.41, 5.74) is -1.12. The minimum atomic E-state index is -4.38. The van der Waals surface area contributed by atoms with Crippen LogP contribution in [0.1, 0.15) is 62.1 Å². The van der Waals surface area contributed by atoms with Crippen LogP contribution in [0.5, 0.6) is 5.75 Å². The van der Waals surface area contributed by atoms with Crippen LogP contribution in [-0.4, -0.2) is 0 Å². The molecule has 1 saturated carbocycles. The molecule has 1 aliphatic carbocycles. The number of hydrogen-bond donors (Lipinski definition) is 0. The van der Waals surface area contributed by atoms with Crippen molar-refractivity contribution in [2.45, 2.75) is 51.6 Å². The van der Waals surface area contributed by atoms with Gasteiger partial charge >= 0.3 is 6.11 Å². The summed E-state index contributed by atoms with van der Waals surface area (Å²) in [5.74, 6) is -5.05. The van der Waals surface area contributed by atoms with Crippen LogP contribution >= 0.6 is 0 Å². The molecule has 1 nitrogen and oxygen atoms in total. The molecule has 8 heteroatoms. The molecule has 0 spiro atoms. The van der Waals surface area contributed by atoms with Crippen LogP contribution in [0, 0.1) is 23.4 Å². The Morgan fingerprint density at radius 3 is 2.17 bits per heavy atom. The first-order chi connectivity index (χ1) is 19.4. The third-order valence-electron chi connectivity index (χ3n) is 7.41. The summed E-state index contributed by atoms with van der Waals surface area (Å²) < 4.78 is 106. The van der Waals surface area contributed by atoms with Gasteiger partial charge in [0.25, 0.3) is 0 Å². The number of allylic oxidation sites excluding steroid dienone is 4. The van der Waals surface area contributed by atoms with E-state index in [0.29, 0.717) is 35.6 Å². The summed E-state index contributed by atoms with van der Waals surface area (Å²) in [5, 5.41) is 0. The van der Waals surface area contributed by atoms with E-state index in [0.717, 1.165) is 49.4 Å². The molecule has 0 heterocycles. The van der Waals surface area contributed by atoms with Crippen molar-refractivity contribution in [1.29, 1.82) is 0 Å². The van der Waals surface area contributed by atoms with Gasteiger partial charge in [0, 0.05) is 22.8 Å². The Labute approximate surface area is 234 Å². The molecule has 1 aliphatic rings. The van der Waals surface area contributed by atoms with Gasteiger partial charge in [-0.25, -0.2) is 22.0 Å². The highest BCUT2D eigenvalue weighted by Crippen LogP contribution is 2.39. The fourth-order valence-electron chi connectivity index (χ4n) is 4.95. The van der Waals surface area contributed by atoms with Gasteiger partial charge in [-0.3, -0.25) is 0 Å². The summed E-state index contributed by atoms with van der Waals surface area (Å²) in [6, 6.07) is 11.0. The van der Waals surface area contributed by atoms with Crippen molar-refractivity contribution in [3.63, 3.8) is 0 Å². The van der Waals surface area contributed by atoms with Crippen molar-refractivity contribution in [2.75, 3.05) is 0 Å². The quantitative estimate of drug-likeness (QED) is 0.192. The van der Waals surface area contributed by atoms with Gasteiger partial charge in [0.1, 0.15) is 23.0 Å². The Morgan fingerprint density at radius 2 is 1.59 bits per heavy atom. The van der Waals surface area contributed by atoms with E-state index < -0.39 is 51.8 Å². The van der Waals surface area contributed by atoms with Gasteiger partial charge in [-0.1, -0.05) is 56.7 Å². The third-order valence-corrected chi connectivity index (χ3v) is 7.41. The summed E-state index contributed by atoms with van der Waals surface area (Å²) in [6.45, 7) is 6.89. The van der Waals surface area contributed by atoms with E-state index in [4.69, 9.17) is 0 Å². The van der Waals surface area contributed by atoms with Crippen LogP contribution in [0.25, 0.3) is 16.7 Å². The van der Waals surface area contributed by atoms with Gasteiger partial charge in [0.15, 0.2) is 11.6 Å². The van der Waals surface area contributed by atoms with Gasteiger partial charge in [-0.05, 0) is 72.6 Å². The van der Waals surface area contributed by atoms with Crippen molar-refractivity contribution in [2.24, 2.45) is 5.92 Å². The van der Waals surface area contributed by atoms with Gasteiger partial charge < -0.3 is 4.74 Å². The first-order valence-corrected chi connectivity index (χ1v) is 13.2. The molecule has 0 N–H and O–H groups in total. The molecule has 0 aliphatic heterocycles. The van der Waals surface area contributed by atoms with E-state index in [-0.39, 0.29) is 17.5 Å². The Bertz CT molecular complexity index is 1480. The molecule has 0 saturated heterocycles. The standard InChI is InChI=1S/C33H29F7O/c1-19(2)29(35)16-24(18-34)26-13-12-25(17-30(26)36)41-33(39,40)28-15-14-27(31(37)32(28)38)23-10-8-22(9-11-23)21-6-4-20(3)5-7-21/h8-18,20-21H,1,4-7H2,2-3H3/b24-18+,29-16+. The molecule has 41 heavy (non-hydrogen) atoms. The average Bonchev–Trinajstić information content (AvgIpc) is 2.93. The van der Waals surface area contributed by atoms with Crippen LogP contribution in [-0.2, 0) is 6.11 Å². The smallest absolute Gasteiger partial charge is 0.429 e. The second kappa shape index (κ2) is 12.4. The van der Waals surface area contributed by atoms with Crippen LogP contribution in [0.15, 0.2) is 85.0 Å². The lowest BCUT2D eigenvalue weighted by Gasteiger charge is -2.26. The molecular weight excluding hydrogens is 545 g/mol. The summed E-state index contributed by atoms with van der Waals surface area (Å²) in [6.07, 6.45) is 0.617. The lowest BCUT2D eigenvalue weighted by molar-refractivity contribution is -0.187. The largest absolute Gasteiger partial charge is 0.429 e. The zero-order valence-electron chi connectivity index (χ0n) is 22.6. The third kappa shape index (κ3) is 6.75. The van der Waals surface area contributed by atoms with Crippen molar-refractivity contribution in [3.05, 3.63) is 119 Å². The molecule has 0 aromatic heterocycles. The minimum absolute atomic E-state index is 0.0317. The number of alkyl halides is 2. The topological polar surface area (TPSA) is 9.23 Å². The molecule has 3 aromatic rings. The number of halogens is 7. The predicted octanol–water partition coefficient (Wildman–Crippen LogP) is 10.9. The molecule has 1 fully saturated rings. The fourth-order valence-corrected chi connectivity index (χ4v) is 4.95. The maximum Gasteiger partial charge on any atom is 0.429 e. The Hall–Kier alpha value is -3.81. The van der Waals surface area contributed by atoms with Gasteiger partial charge in [-0.2, -0.15) is 8.78 Å². The SMILES string of the molecule is C=C(C)/C(F)=C\C(=C/F)c1ccc(OC(F)(F)c2ccc(-c3ccc(C4CCC(C)CC4)cc3)c(F)c2F)cc1F. The Balaban J connectivity index is 1.54. The zero-order chi connectivity index (χ0) is 29.9. The van der Waals surface area contributed by atoms with Crippen molar-refractivity contribution in [3.8, 4) is 16.9 Å². The Morgan fingerprint density at radius 1 is 0.927 bits per heavy atom. The van der Waals surface area contributed by atoms with Crippen molar-refractivity contribution < 1.29 is 35.5 Å². The normalized spacial score (nSPS) is 18.4. The molecule has 0 unspecified atom stereocenters. The van der Waals surface area contributed by atoms with Crippen LogP contribution in [0.2, 0.25) is 0 Å². The average molecular weight is 575 g/mol. The molecule has 0 bridgehead atoms. The number of ether oxygens (including phenoxy) is 1. The second-order valence-corrected chi connectivity index (χ2v) is 10.5. The van der Waals surface area contributed by atoms with E-state index in [2.05, 4.69) is 18.2 Å². The highest BCUT2D eigenvalue weighted by Gasteiger charge is 2.39. The van der Waals surface area contributed by atoms with Crippen LogP contribution in [0.4, 0.5) is 30.7 Å². The fraction of sp³-hybridized carbons (Fsp3) is 0.273. The molecule has 216 valence electrons. The van der Waals surface area contributed by atoms with E-state index in [1.54, 1.807) is 12.1 Å². The zero-order valence-corrected chi connectivity index (χ0v) is 22.6. The molecule has 0 atom stereocenters. The molecular formula is C33H29F7O. The van der Waals surface area contributed by atoms with Crippen molar-refractivity contribution >= 4 is 5.57 Å². The summed E-state index contributed by atoms with van der Waals surface area (Å²) in [7, 11) is 0. The van der Waals surface area contributed by atoms with E-state index in [1.807, 2.05) is 12.1 Å². The minimum Gasteiger partial charge on any atom is -0.429 e. The first-order valence-electron chi connectivity index (χ1n) is 13.2. The van der Waals surface area contributed by atoms with Gasteiger partial charge in [0.2, 0.25) is 0 Å². The van der Waals surface area contributed by atoms with E-state index in [1.165, 1.54) is 6.92 Å². The second-order valence-electron chi connectivity index (χ2n) is 10.5. The Kier molecular flexibility index (Phi) is 9.10. The highest BCUT2D eigenvalue weighted by atomic mass is 19.3. The molecule has 4 rings (SSSR count). The molecule has 3 aromatic carbocycles. The number of rotatable bonds is 8. The first kappa shape index (κ1) is 30.2. The lowest BCUT2D eigenvalue weighted by Crippen LogP contribution is -2.24. The summed E-state index contributed by atoms with van der Waals surface area (Å²) in [4.78, 5) is 0. The molecule has 0 radical (unpaired) electrons. The lowest BCUT2D eigenvalue weighted by atomic mass is 9.79. The number of benzene rings is 3. The van der Waals surface area contributed by atoms with E-state index in [9.17, 15) is 26.3 Å². The van der Waals surface area contributed by atoms with Crippen LogP contribution < -0.4 is 4.74 Å². The monoisotopic (exact) mass is 574 g/mol. The van der Waals surface area contributed by atoms with Crippen LogP contribution in [0.3, 0.4) is 0 Å². The van der Waals surface area contributed by atoms with Gasteiger partial charge in [0.05, 0.1) is 6.33 Å². The summed E-state index contributed by atoms with van der Waals surface area (Å²) >= 11 is 0. The number of hydrogen-bond acceptors (Lipinski definition) is 1.